The molecule has 78 valence electrons. The van der Waals surface area contributed by atoms with Gasteiger partial charge in [0.25, 0.3) is 0 Å². The summed E-state index contributed by atoms with van der Waals surface area (Å²) in [5.41, 5.74) is 1.07. The average molecular weight is 194 g/mol. The van der Waals surface area contributed by atoms with Crippen molar-refractivity contribution in [3.8, 4) is 0 Å². The number of rotatable bonds is 4. The van der Waals surface area contributed by atoms with E-state index in [4.69, 9.17) is 4.42 Å². The summed E-state index contributed by atoms with van der Waals surface area (Å²) in [5, 5.41) is 3.12. The molecule has 0 radical (unpaired) electrons. The molecule has 14 heavy (non-hydrogen) atoms. The Morgan fingerprint density at radius 2 is 2.29 bits per heavy atom. The van der Waals surface area contributed by atoms with Gasteiger partial charge in [-0.25, -0.2) is 4.98 Å². The Hall–Kier alpha value is -0.830. The summed E-state index contributed by atoms with van der Waals surface area (Å²) in [7, 11) is 1.96. The van der Waals surface area contributed by atoms with Crippen LogP contribution in [0, 0.1) is 6.92 Å². The maximum absolute atomic E-state index is 5.77. The highest BCUT2D eigenvalue weighted by Crippen LogP contribution is 2.36. The monoisotopic (exact) mass is 194 g/mol. The maximum atomic E-state index is 5.77. The zero-order valence-electron chi connectivity index (χ0n) is 8.97. The standard InChI is InChI=1S/C11H18N2O/c1-8-10(6-7-12-2)14-11(13-8)9-4-3-5-9/h9,12H,3-7H2,1-2H3. The lowest BCUT2D eigenvalue weighted by Gasteiger charge is -2.21. The lowest BCUT2D eigenvalue weighted by molar-refractivity contribution is 0.324. The normalized spacial score (nSPS) is 17.0. The van der Waals surface area contributed by atoms with Crippen LogP contribution in [0.5, 0.6) is 0 Å². The van der Waals surface area contributed by atoms with E-state index >= 15 is 0 Å². The van der Waals surface area contributed by atoms with E-state index < -0.39 is 0 Å². The minimum absolute atomic E-state index is 0.608. The molecule has 3 heteroatoms. The van der Waals surface area contributed by atoms with E-state index in [9.17, 15) is 0 Å². The van der Waals surface area contributed by atoms with Crippen molar-refractivity contribution in [1.29, 1.82) is 0 Å². The molecule has 1 aliphatic carbocycles. The Morgan fingerprint density at radius 3 is 2.86 bits per heavy atom. The van der Waals surface area contributed by atoms with Gasteiger partial charge in [-0.15, -0.1) is 0 Å². The fourth-order valence-electron chi connectivity index (χ4n) is 1.75. The van der Waals surface area contributed by atoms with Crippen LogP contribution in [0.15, 0.2) is 4.42 Å². The molecule has 1 aliphatic rings. The number of hydrogen-bond acceptors (Lipinski definition) is 3. The molecular weight excluding hydrogens is 176 g/mol. The van der Waals surface area contributed by atoms with Crippen molar-refractivity contribution in [3.05, 3.63) is 17.3 Å². The number of hydrogen-bond donors (Lipinski definition) is 1. The second kappa shape index (κ2) is 4.13. The van der Waals surface area contributed by atoms with Gasteiger partial charge >= 0.3 is 0 Å². The van der Waals surface area contributed by atoms with Gasteiger partial charge in [0.2, 0.25) is 0 Å². The summed E-state index contributed by atoms with van der Waals surface area (Å²) in [6, 6.07) is 0. The molecule has 0 aliphatic heterocycles. The van der Waals surface area contributed by atoms with Crippen molar-refractivity contribution in [2.75, 3.05) is 13.6 Å². The smallest absolute Gasteiger partial charge is 0.197 e. The van der Waals surface area contributed by atoms with Crippen molar-refractivity contribution in [3.63, 3.8) is 0 Å². The lowest BCUT2D eigenvalue weighted by Crippen LogP contribution is -2.10. The number of nitrogens with zero attached hydrogens (tertiary/aromatic N) is 1. The average Bonchev–Trinajstić information content (AvgIpc) is 2.40. The number of likely N-dealkylation sites (N-methyl/N-ethyl adjacent to an activating group) is 1. The Bertz CT molecular complexity index is 302. The molecule has 0 unspecified atom stereocenters. The first kappa shape index (κ1) is 9.71. The first-order valence-corrected chi connectivity index (χ1v) is 5.42. The number of aromatic nitrogens is 1. The van der Waals surface area contributed by atoms with Crippen LogP contribution in [-0.2, 0) is 6.42 Å². The predicted octanol–water partition coefficient (Wildman–Crippen LogP) is 2.01. The van der Waals surface area contributed by atoms with Crippen molar-refractivity contribution in [2.45, 2.75) is 38.5 Å². The number of aryl methyl sites for hydroxylation is 1. The first-order chi connectivity index (χ1) is 6.81. The molecule has 1 aromatic heterocycles. The van der Waals surface area contributed by atoms with Crippen LogP contribution >= 0.6 is 0 Å². The van der Waals surface area contributed by atoms with Gasteiger partial charge in [0.1, 0.15) is 5.76 Å². The van der Waals surface area contributed by atoms with Crippen LogP contribution < -0.4 is 5.32 Å². The van der Waals surface area contributed by atoms with Crippen LogP contribution in [0.4, 0.5) is 0 Å². The molecule has 0 aromatic carbocycles. The van der Waals surface area contributed by atoms with Crippen molar-refractivity contribution >= 4 is 0 Å². The number of oxazole rings is 1. The van der Waals surface area contributed by atoms with E-state index in [1.165, 1.54) is 19.3 Å². The van der Waals surface area contributed by atoms with Crippen molar-refractivity contribution in [1.82, 2.24) is 10.3 Å². The van der Waals surface area contributed by atoms with E-state index in [1.54, 1.807) is 0 Å². The van der Waals surface area contributed by atoms with Gasteiger partial charge in [0.15, 0.2) is 5.89 Å². The summed E-state index contributed by atoms with van der Waals surface area (Å²) in [6.07, 6.45) is 4.79. The molecule has 0 amide bonds. The highest BCUT2D eigenvalue weighted by Gasteiger charge is 2.25. The molecule has 0 saturated heterocycles. The Kier molecular flexibility index (Phi) is 2.87. The van der Waals surface area contributed by atoms with Crippen LogP contribution in [0.1, 0.15) is 42.5 Å². The van der Waals surface area contributed by atoms with Crippen molar-refractivity contribution in [2.24, 2.45) is 0 Å². The molecule has 0 spiro atoms. The molecule has 0 bridgehead atoms. The molecule has 1 fully saturated rings. The minimum Gasteiger partial charge on any atom is -0.445 e. The molecule has 0 atom stereocenters. The van der Waals surface area contributed by atoms with E-state index in [-0.39, 0.29) is 0 Å². The van der Waals surface area contributed by atoms with Crippen LogP contribution in [-0.4, -0.2) is 18.6 Å². The zero-order chi connectivity index (χ0) is 9.97. The fourth-order valence-corrected chi connectivity index (χ4v) is 1.75. The van der Waals surface area contributed by atoms with Crippen LogP contribution in [0.2, 0.25) is 0 Å². The molecule has 1 N–H and O–H groups in total. The van der Waals surface area contributed by atoms with Gasteiger partial charge in [0, 0.05) is 18.9 Å². The second-order valence-electron chi connectivity index (χ2n) is 4.04. The third kappa shape index (κ3) is 1.82. The quantitative estimate of drug-likeness (QED) is 0.796. The topological polar surface area (TPSA) is 38.1 Å². The molecule has 1 aromatic rings. The summed E-state index contributed by atoms with van der Waals surface area (Å²) in [6.45, 7) is 3.00. The first-order valence-electron chi connectivity index (χ1n) is 5.42. The molecule has 1 saturated carbocycles. The Balaban J connectivity index is 2.04. The second-order valence-corrected chi connectivity index (χ2v) is 4.04. The minimum atomic E-state index is 0.608. The van der Waals surface area contributed by atoms with E-state index in [0.29, 0.717) is 5.92 Å². The van der Waals surface area contributed by atoms with E-state index in [1.807, 2.05) is 14.0 Å². The third-order valence-corrected chi connectivity index (χ3v) is 2.97. The summed E-state index contributed by atoms with van der Waals surface area (Å²) < 4.78 is 5.77. The lowest BCUT2D eigenvalue weighted by atomic mass is 9.85. The number of nitrogens with one attached hydrogen (secondary N) is 1. The van der Waals surface area contributed by atoms with E-state index in [2.05, 4.69) is 10.3 Å². The van der Waals surface area contributed by atoms with Gasteiger partial charge in [-0.3, -0.25) is 0 Å². The highest BCUT2D eigenvalue weighted by atomic mass is 16.4. The fraction of sp³-hybridized carbons (Fsp3) is 0.727. The van der Waals surface area contributed by atoms with Gasteiger partial charge < -0.3 is 9.73 Å². The van der Waals surface area contributed by atoms with Crippen molar-refractivity contribution < 1.29 is 4.42 Å². The largest absolute Gasteiger partial charge is 0.445 e. The molecule has 2 rings (SSSR count). The summed E-state index contributed by atoms with van der Waals surface area (Å²) in [5.74, 6) is 2.64. The molecule has 3 nitrogen and oxygen atoms in total. The van der Waals surface area contributed by atoms with Gasteiger partial charge in [0.05, 0.1) is 5.69 Å². The maximum Gasteiger partial charge on any atom is 0.197 e. The zero-order valence-corrected chi connectivity index (χ0v) is 8.97. The van der Waals surface area contributed by atoms with Gasteiger partial charge in [-0.05, 0) is 26.8 Å². The van der Waals surface area contributed by atoms with Gasteiger partial charge in [-0.2, -0.15) is 0 Å². The summed E-state index contributed by atoms with van der Waals surface area (Å²) >= 11 is 0. The predicted molar refractivity (Wildman–Crippen MR) is 55.5 cm³/mol. The molecular formula is C11H18N2O. The van der Waals surface area contributed by atoms with Crippen LogP contribution in [0.3, 0.4) is 0 Å². The van der Waals surface area contributed by atoms with E-state index in [0.717, 1.165) is 30.3 Å². The molecule has 1 heterocycles. The Labute approximate surface area is 84.9 Å². The third-order valence-electron chi connectivity index (χ3n) is 2.97. The highest BCUT2D eigenvalue weighted by molar-refractivity contribution is 5.11. The SMILES string of the molecule is CNCCc1oc(C2CCC2)nc1C. The summed E-state index contributed by atoms with van der Waals surface area (Å²) in [4.78, 5) is 4.49. The van der Waals surface area contributed by atoms with Gasteiger partial charge in [-0.1, -0.05) is 6.42 Å². The van der Waals surface area contributed by atoms with Crippen LogP contribution in [0.25, 0.3) is 0 Å². The Morgan fingerprint density at radius 1 is 1.50 bits per heavy atom.